The standard InChI is InChI=1S/C19H24N4O3/c1-19(2,20)18(26)23-16(17(25)22-11-21-12-24)10-13-7-8-14-5-3-4-6-15(14)9-13/h3-9,12,16H,10-11,20H2,1-2H3,(H,21,24)(H,22,25)(H,23,26)/t16-/m1/s1. The van der Waals surface area contributed by atoms with Crippen LogP contribution in [0.1, 0.15) is 19.4 Å². The Morgan fingerprint density at radius 3 is 2.50 bits per heavy atom. The zero-order chi connectivity index (χ0) is 19.2. The fourth-order valence-corrected chi connectivity index (χ4v) is 2.46. The Bertz CT molecular complexity index is 799. The second-order valence-electron chi connectivity index (χ2n) is 6.67. The Morgan fingerprint density at radius 2 is 1.85 bits per heavy atom. The lowest BCUT2D eigenvalue weighted by Crippen LogP contribution is -2.57. The van der Waals surface area contributed by atoms with E-state index in [1.807, 2.05) is 42.5 Å². The lowest BCUT2D eigenvalue weighted by molar-refractivity contribution is -0.131. The van der Waals surface area contributed by atoms with Crippen molar-refractivity contribution in [3.8, 4) is 0 Å². The van der Waals surface area contributed by atoms with Crippen LogP contribution in [0.15, 0.2) is 42.5 Å². The number of carbonyl (C=O) groups is 3. The van der Waals surface area contributed by atoms with Crippen molar-refractivity contribution in [2.75, 3.05) is 6.67 Å². The normalized spacial score (nSPS) is 12.3. The molecule has 2 aromatic rings. The highest BCUT2D eigenvalue weighted by Crippen LogP contribution is 2.17. The van der Waals surface area contributed by atoms with E-state index >= 15 is 0 Å². The van der Waals surface area contributed by atoms with Crippen molar-refractivity contribution in [3.63, 3.8) is 0 Å². The number of rotatable bonds is 8. The van der Waals surface area contributed by atoms with Crippen LogP contribution in [-0.2, 0) is 20.8 Å². The first-order valence-electron chi connectivity index (χ1n) is 8.33. The molecule has 0 aliphatic rings. The lowest BCUT2D eigenvalue weighted by Gasteiger charge is -2.24. The van der Waals surface area contributed by atoms with Crippen LogP contribution in [0.2, 0.25) is 0 Å². The molecule has 0 unspecified atom stereocenters. The zero-order valence-corrected chi connectivity index (χ0v) is 14.9. The van der Waals surface area contributed by atoms with Gasteiger partial charge >= 0.3 is 0 Å². The largest absolute Gasteiger partial charge is 0.342 e. The van der Waals surface area contributed by atoms with Gasteiger partial charge < -0.3 is 21.7 Å². The van der Waals surface area contributed by atoms with Crippen molar-refractivity contribution in [2.45, 2.75) is 31.8 Å². The van der Waals surface area contributed by atoms with Gasteiger partial charge in [0.2, 0.25) is 18.2 Å². The molecule has 5 N–H and O–H groups in total. The van der Waals surface area contributed by atoms with Crippen LogP contribution in [0.4, 0.5) is 0 Å². The Hall–Kier alpha value is -2.93. The summed E-state index contributed by atoms with van der Waals surface area (Å²) in [5.41, 5.74) is 5.61. The average Bonchev–Trinajstić information content (AvgIpc) is 2.60. The molecule has 0 saturated heterocycles. The summed E-state index contributed by atoms with van der Waals surface area (Å²) in [6.45, 7) is 3.13. The third-order valence-electron chi connectivity index (χ3n) is 3.91. The number of hydrogen-bond donors (Lipinski definition) is 4. The summed E-state index contributed by atoms with van der Waals surface area (Å²) >= 11 is 0. The molecule has 0 radical (unpaired) electrons. The Morgan fingerprint density at radius 1 is 1.15 bits per heavy atom. The van der Waals surface area contributed by atoms with Crippen molar-refractivity contribution in [1.29, 1.82) is 0 Å². The number of hydrogen-bond acceptors (Lipinski definition) is 4. The molecule has 0 saturated carbocycles. The van der Waals surface area contributed by atoms with Crippen LogP contribution in [-0.4, -0.2) is 36.5 Å². The van der Waals surface area contributed by atoms with Crippen LogP contribution >= 0.6 is 0 Å². The summed E-state index contributed by atoms with van der Waals surface area (Å²) in [5.74, 6) is -0.827. The Labute approximate surface area is 152 Å². The van der Waals surface area contributed by atoms with Gasteiger partial charge in [-0.15, -0.1) is 0 Å². The quantitative estimate of drug-likeness (QED) is 0.312. The monoisotopic (exact) mass is 356 g/mol. The lowest BCUT2D eigenvalue weighted by atomic mass is 9.99. The predicted octanol–water partition coefficient (Wildman–Crippen LogP) is 0.424. The molecule has 2 aromatic carbocycles. The van der Waals surface area contributed by atoms with Crippen molar-refractivity contribution >= 4 is 29.0 Å². The van der Waals surface area contributed by atoms with Crippen molar-refractivity contribution < 1.29 is 14.4 Å². The summed E-state index contributed by atoms with van der Waals surface area (Å²) in [6, 6.07) is 13.0. The van der Waals surface area contributed by atoms with E-state index in [9.17, 15) is 14.4 Å². The Kier molecular flexibility index (Phi) is 6.30. The number of amides is 3. The van der Waals surface area contributed by atoms with Gasteiger partial charge in [-0.05, 0) is 30.2 Å². The van der Waals surface area contributed by atoms with Crippen molar-refractivity contribution in [1.82, 2.24) is 16.0 Å². The minimum atomic E-state index is -1.11. The van der Waals surface area contributed by atoms with E-state index in [-0.39, 0.29) is 6.67 Å². The predicted molar refractivity (Wildman–Crippen MR) is 100 cm³/mol. The minimum absolute atomic E-state index is 0.0154. The molecule has 7 nitrogen and oxygen atoms in total. The third kappa shape index (κ3) is 5.29. The maximum absolute atomic E-state index is 12.4. The molecule has 138 valence electrons. The first-order valence-corrected chi connectivity index (χ1v) is 8.33. The molecule has 0 bridgehead atoms. The summed E-state index contributed by atoms with van der Waals surface area (Å²) in [7, 11) is 0. The topological polar surface area (TPSA) is 113 Å². The van der Waals surface area contributed by atoms with Crippen LogP contribution in [0, 0.1) is 0 Å². The van der Waals surface area contributed by atoms with Crippen LogP contribution in [0.25, 0.3) is 10.8 Å². The molecule has 0 heterocycles. The number of benzene rings is 2. The van der Waals surface area contributed by atoms with Gasteiger partial charge in [0.25, 0.3) is 0 Å². The average molecular weight is 356 g/mol. The van der Waals surface area contributed by atoms with Crippen molar-refractivity contribution in [3.05, 3.63) is 48.0 Å². The Balaban J connectivity index is 2.19. The van der Waals surface area contributed by atoms with Gasteiger partial charge in [-0.25, -0.2) is 0 Å². The van der Waals surface area contributed by atoms with Gasteiger partial charge in [-0.2, -0.15) is 0 Å². The molecule has 2 rings (SSSR count). The molecule has 0 spiro atoms. The second-order valence-corrected chi connectivity index (χ2v) is 6.67. The van der Waals surface area contributed by atoms with Gasteiger partial charge in [0, 0.05) is 6.42 Å². The molecule has 0 fully saturated rings. The van der Waals surface area contributed by atoms with Gasteiger partial charge in [0.05, 0.1) is 12.2 Å². The molecule has 0 aliphatic heterocycles. The summed E-state index contributed by atoms with van der Waals surface area (Å²) < 4.78 is 0. The van der Waals surface area contributed by atoms with E-state index < -0.39 is 23.4 Å². The highest BCUT2D eigenvalue weighted by molar-refractivity contribution is 5.92. The SMILES string of the molecule is CC(C)(N)C(=O)N[C@H](Cc1ccc2ccccc2c1)C(=O)NCNC=O. The fourth-order valence-electron chi connectivity index (χ4n) is 2.46. The maximum atomic E-state index is 12.4. The number of fused-ring (bicyclic) bond motifs is 1. The number of carbonyl (C=O) groups excluding carboxylic acids is 3. The highest BCUT2D eigenvalue weighted by Gasteiger charge is 2.28. The van der Waals surface area contributed by atoms with Crippen LogP contribution < -0.4 is 21.7 Å². The summed E-state index contributed by atoms with van der Waals surface area (Å²) in [6.07, 6.45) is 0.791. The van der Waals surface area contributed by atoms with Gasteiger partial charge in [-0.3, -0.25) is 14.4 Å². The van der Waals surface area contributed by atoms with Gasteiger partial charge in [0.1, 0.15) is 6.04 Å². The van der Waals surface area contributed by atoms with Crippen LogP contribution in [0.5, 0.6) is 0 Å². The summed E-state index contributed by atoms with van der Waals surface area (Å²) in [5, 5.41) is 9.75. The molecule has 1 atom stereocenters. The smallest absolute Gasteiger partial charge is 0.244 e. The molecule has 0 aromatic heterocycles. The van der Waals surface area contributed by atoms with E-state index in [1.54, 1.807) is 13.8 Å². The number of nitrogens with one attached hydrogen (secondary N) is 3. The second kappa shape index (κ2) is 8.44. The van der Waals surface area contributed by atoms with Gasteiger partial charge in [0.15, 0.2) is 0 Å². The van der Waals surface area contributed by atoms with E-state index in [0.717, 1.165) is 16.3 Å². The molecule has 26 heavy (non-hydrogen) atoms. The van der Waals surface area contributed by atoms with Crippen molar-refractivity contribution in [2.24, 2.45) is 5.73 Å². The molecular formula is C19H24N4O3. The molecular weight excluding hydrogens is 332 g/mol. The van der Waals surface area contributed by atoms with E-state index in [4.69, 9.17) is 5.73 Å². The minimum Gasteiger partial charge on any atom is -0.342 e. The van der Waals surface area contributed by atoms with E-state index in [1.165, 1.54) is 0 Å². The van der Waals surface area contributed by atoms with E-state index in [2.05, 4.69) is 16.0 Å². The van der Waals surface area contributed by atoms with E-state index in [0.29, 0.717) is 12.8 Å². The maximum Gasteiger partial charge on any atom is 0.244 e. The third-order valence-corrected chi connectivity index (χ3v) is 3.91. The van der Waals surface area contributed by atoms with Gasteiger partial charge in [-0.1, -0.05) is 42.5 Å². The summed E-state index contributed by atoms with van der Waals surface area (Å²) in [4.78, 5) is 35.0. The molecule has 0 aliphatic carbocycles. The van der Waals surface area contributed by atoms with Crippen LogP contribution in [0.3, 0.4) is 0 Å². The molecule has 7 heteroatoms. The first-order chi connectivity index (χ1) is 12.3. The molecule has 3 amide bonds. The zero-order valence-electron chi connectivity index (χ0n) is 14.9. The first kappa shape index (κ1) is 19.4. The number of nitrogens with two attached hydrogens (primary N) is 1. The fraction of sp³-hybridized carbons (Fsp3) is 0.316. The highest BCUT2D eigenvalue weighted by atomic mass is 16.2.